The highest BCUT2D eigenvalue weighted by molar-refractivity contribution is 5.45. The van der Waals surface area contributed by atoms with Crippen LogP contribution in [-0.2, 0) is 0 Å². The minimum absolute atomic E-state index is 0.334. The summed E-state index contributed by atoms with van der Waals surface area (Å²) in [6.07, 6.45) is 6.57. The van der Waals surface area contributed by atoms with Crippen LogP contribution < -0.4 is 15.5 Å². The van der Waals surface area contributed by atoms with Crippen LogP contribution >= 0.6 is 0 Å². The van der Waals surface area contributed by atoms with Gasteiger partial charge >= 0.3 is 0 Å². The van der Waals surface area contributed by atoms with Crippen LogP contribution in [-0.4, -0.2) is 40.6 Å². The second-order valence-electron chi connectivity index (χ2n) is 6.06. The van der Waals surface area contributed by atoms with E-state index < -0.39 is 0 Å². The highest BCUT2D eigenvalue weighted by atomic mass is 15.4. The van der Waals surface area contributed by atoms with Gasteiger partial charge in [-0.15, -0.1) is 0 Å². The topological polar surface area (TPSA) is 71.2 Å². The lowest BCUT2D eigenvalue weighted by atomic mass is 9.85. The molecule has 1 aromatic heterocycles. The Morgan fingerprint density at radius 2 is 1.86 bits per heavy atom. The number of nitrogen functional groups attached to an aromatic ring is 1. The molecule has 2 unspecified atom stereocenters. The molecule has 21 heavy (non-hydrogen) atoms. The van der Waals surface area contributed by atoms with Gasteiger partial charge in [-0.05, 0) is 39.0 Å². The molecule has 0 amide bonds. The minimum atomic E-state index is 0.334. The van der Waals surface area contributed by atoms with Crippen molar-refractivity contribution in [3.63, 3.8) is 0 Å². The Morgan fingerprint density at radius 3 is 2.62 bits per heavy atom. The first-order valence-electron chi connectivity index (χ1n) is 8.26. The monoisotopic (exact) mass is 290 g/mol. The van der Waals surface area contributed by atoms with Crippen molar-refractivity contribution in [1.82, 2.24) is 15.0 Å². The van der Waals surface area contributed by atoms with Gasteiger partial charge in [-0.3, -0.25) is 0 Å². The van der Waals surface area contributed by atoms with Gasteiger partial charge in [0.15, 0.2) is 0 Å². The molecule has 2 aliphatic rings. The van der Waals surface area contributed by atoms with E-state index in [2.05, 4.69) is 33.6 Å². The van der Waals surface area contributed by atoms with Gasteiger partial charge in [-0.25, -0.2) is 0 Å². The summed E-state index contributed by atoms with van der Waals surface area (Å²) >= 11 is 0. The fourth-order valence-electron chi connectivity index (χ4n) is 3.80. The van der Waals surface area contributed by atoms with Crippen LogP contribution in [0, 0.1) is 5.92 Å². The maximum absolute atomic E-state index is 5.93. The molecule has 6 nitrogen and oxygen atoms in total. The molecule has 1 aromatic rings. The number of aromatic nitrogens is 3. The van der Waals surface area contributed by atoms with Crippen molar-refractivity contribution in [2.24, 2.45) is 5.92 Å². The van der Waals surface area contributed by atoms with E-state index in [9.17, 15) is 0 Å². The van der Waals surface area contributed by atoms with Gasteiger partial charge < -0.3 is 15.5 Å². The highest BCUT2D eigenvalue weighted by Gasteiger charge is 2.37. The zero-order chi connectivity index (χ0) is 14.8. The van der Waals surface area contributed by atoms with Crippen LogP contribution in [0.1, 0.15) is 46.0 Å². The molecule has 6 heteroatoms. The van der Waals surface area contributed by atoms with Gasteiger partial charge in [-0.1, -0.05) is 12.8 Å². The van der Waals surface area contributed by atoms with Crippen molar-refractivity contribution in [3.05, 3.63) is 0 Å². The number of anilines is 3. The summed E-state index contributed by atoms with van der Waals surface area (Å²) in [6.45, 7) is 7.03. The van der Waals surface area contributed by atoms with E-state index in [0.29, 0.717) is 17.9 Å². The van der Waals surface area contributed by atoms with Crippen LogP contribution in [0.2, 0.25) is 0 Å². The summed E-state index contributed by atoms with van der Waals surface area (Å²) in [6, 6.07) is 0.602. The molecular formula is C15H26N6. The number of hydrogen-bond donors (Lipinski definition) is 1. The summed E-state index contributed by atoms with van der Waals surface area (Å²) in [5.74, 6) is 2.63. The van der Waals surface area contributed by atoms with Gasteiger partial charge in [0.1, 0.15) is 0 Å². The molecule has 1 saturated heterocycles. The molecule has 1 aliphatic heterocycles. The molecule has 1 saturated carbocycles. The third kappa shape index (κ3) is 2.76. The van der Waals surface area contributed by atoms with Gasteiger partial charge in [0.05, 0.1) is 0 Å². The van der Waals surface area contributed by atoms with Crippen molar-refractivity contribution in [2.75, 3.05) is 35.2 Å². The van der Waals surface area contributed by atoms with Crippen LogP contribution in [0.5, 0.6) is 0 Å². The molecule has 2 atom stereocenters. The molecule has 0 aromatic carbocycles. The largest absolute Gasteiger partial charge is 0.368 e. The van der Waals surface area contributed by atoms with E-state index in [0.717, 1.165) is 31.5 Å². The Morgan fingerprint density at radius 1 is 1.10 bits per heavy atom. The van der Waals surface area contributed by atoms with E-state index in [-0.39, 0.29) is 0 Å². The van der Waals surface area contributed by atoms with Gasteiger partial charge in [0.2, 0.25) is 17.8 Å². The third-order valence-electron chi connectivity index (χ3n) is 4.94. The average molecular weight is 290 g/mol. The van der Waals surface area contributed by atoms with Crippen molar-refractivity contribution < 1.29 is 0 Å². The number of nitrogens with two attached hydrogens (primary N) is 1. The minimum Gasteiger partial charge on any atom is -0.368 e. The molecule has 1 aliphatic carbocycles. The van der Waals surface area contributed by atoms with E-state index in [1.807, 2.05) is 0 Å². The molecule has 116 valence electrons. The van der Waals surface area contributed by atoms with Crippen LogP contribution in [0.4, 0.5) is 17.8 Å². The fraction of sp³-hybridized carbons (Fsp3) is 0.800. The zero-order valence-corrected chi connectivity index (χ0v) is 13.1. The first kappa shape index (κ1) is 14.4. The predicted molar refractivity (Wildman–Crippen MR) is 85.5 cm³/mol. The molecule has 0 spiro atoms. The Labute approximate surface area is 126 Å². The molecular weight excluding hydrogens is 264 g/mol. The summed E-state index contributed by atoms with van der Waals surface area (Å²) in [5, 5.41) is 0. The van der Waals surface area contributed by atoms with Crippen LogP contribution in [0.3, 0.4) is 0 Å². The molecule has 2 heterocycles. The average Bonchev–Trinajstić information content (AvgIpc) is 2.92. The lowest BCUT2D eigenvalue weighted by Gasteiger charge is -2.32. The Hall–Kier alpha value is -1.59. The van der Waals surface area contributed by atoms with Crippen molar-refractivity contribution in [1.29, 1.82) is 0 Å². The molecule has 3 rings (SSSR count). The van der Waals surface area contributed by atoms with E-state index in [4.69, 9.17) is 10.7 Å². The smallest absolute Gasteiger partial charge is 0.232 e. The number of rotatable bonds is 4. The van der Waals surface area contributed by atoms with E-state index in [1.165, 1.54) is 32.1 Å². The number of fused-ring (bicyclic) bond motifs is 1. The maximum atomic E-state index is 5.93. The normalized spacial score (nSPS) is 25.0. The van der Waals surface area contributed by atoms with Crippen molar-refractivity contribution >= 4 is 17.8 Å². The number of hydrogen-bond acceptors (Lipinski definition) is 6. The zero-order valence-electron chi connectivity index (χ0n) is 13.1. The summed E-state index contributed by atoms with van der Waals surface area (Å²) in [7, 11) is 0. The lowest BCUT2D eigenvalue weighted by Crippen LogP contribution is -2.36. The second kappa shape index (κ2) is 6.03. The fourth-order valence-corrected chi connectivity index (χ4v) is 3.80. The summed E-state index contributed by atoms with van der Waals surface area (Å²) in [4.78, 5) is 17.9. The molecule has 2 N–H and O–H groups in total. The van der Waals surface area contributed by atoms with Crippen LogP contribution in [0.25, 0.3) is 0 Å². The standard InChI is InChI=1S/C15H26N6/c1-3-20(4-2)14-17-13(16)18-15(19-14)21-10-9-11-7-5-6-8-12(11)21/h11-12H,3-10H2,1-2H3,(H2,16,17,18,19). The number of nitrogens with zero attached hydrogens (tertiary/aromatic N) is 5. The Kier molecular flexibility index (Phi) is 4.12. The quantitative estimate of drug-likeness (QED) is 0.915. The van der Waals surface area contributed by atoms with E-state index in [1.54, 1.807) is 0 Å². The van der Waals surface area contributed by atoms with E-state index >= 15 is 0 Å². The summed E-state index contributed by atoms with van der Waals surface area (Å²) in [5.41, 5.74) is 5.93. The predicted octanol–water partition coefficient (Wildman–Crippen LogP) is 2.07. The highest BCUT2D eigenvalue weighted by Crippen LogP contribution is 2.38. The lowest BCUT2D eigenvalue weighted by molar-refractivity contribution is 0.341. The van der Waals surface area contributed by atoms with Gasteiger partial charge in [0, 0.05) is 25.7 Å². The second-order valence-corrected chi connectivity index (χ2v) is 6.06. The van der Waals surface area contributed by atoms with Gasteiger partial charge in [-0.2, -0.15) is 15.0 Å². The third-order valence-corrected chi connectivity index (χ3v) is 4.94. The first-order valence-corrected chi connectivity index (χ1v) is 8.26. The van der Waals surface area contributed by atoms with Crippen LogP contribution in [0.15, 0.2) is 0 Å². The first-order chi connectivity index (χ1) is 10.2. The Bertz CT molecular complexity index is 487. The SMILES string of the molecule is CCN(CC)c1nc(N)nc(N2CCC3CCCCC32)n1. The Balaban J connectivity index is 1.88. The molecule has 0 radical (unpaired) electrons. The van der Waals surface area contributed by atoms with Crippen molar-refractivity contribution in [2.45, 2.75) is 52.0 Å². The molecule has 0 bridgehead atoms. The maximum Gasteiger partial charge on any atom is 0.232 e. The molecule has 2 fully saturated rings. The summed E-state index contributed by atoms with van der Waals surface area (Å²) < 4.78 is 0. The van der Waals surface area contributed by atoms with Gasteiger partial charge in [0.25, 0.3) is 0 Å². The van der Waals surface area contributed by atoms with Crippen molar-refractivity contribution in [3.8, 4) is 0 Å².